The summed E-state index contributed by atoms with van der Waals surface area (Å²) in [5.74, 6) is 0.615. The van der Waals surface area contributed by atoms with Crippen LogP contribution < -0.4 is 0 Å². The number of hydrogen-bond donors (Lipinski definition) is 0. The van der Waals surface area contributed by atoms with Crippen molar-refractivity contribution in [2.24, 2.45) is 5.92 Å². The Morgan fingerprint density at radius 3 is 2.69 bits per heavy atom. The molecule has 1 atom stereocenters. The molecule has 2 rings (SSSR count). The van der Waals surface area contributed by atoms with Gasteiger partial charge in [-0.05, 0) is 37.8 Å². The Labute approximate surface area is 84.1 Å². The van der Waals surface area contributed by atoms with Gasteiger partial charge in [0.2, 0.25) is 0 Å². The summed E-state index contributed by atoms with van der Waals surface area (Å²) in [7, 11) is 0. The van der Waals surface area contributed by atoms with E-state index < -0.39 is 0 Å². The van der Waals surface area contributed by atoms with Crippen LogP contribution in [0, 0.1) is 5.92 Å². The molecule has 1 saturated carbocycles. The molecule has 1 aliphatic carbocycles. The minimum atomic E-state index is -0.250. The number of halogens is 1. The fourth-order valence-electron chi connectivity index (χ4n) is 1.81. The van der Waals surface area contributed by atoms with Crippen LogP contribution in [0.15, 0.2) is 24.4 Å². The number of hydrogen-bond acceptors (Lipinski definition) is 1. The van der Waals surface area contributed by atoms with Gasteiger partial charge in [-0.2, -0.15) is 0 Å². The van der Waals surface area contributed by atoms with E-state index in [9.17, 15) is 0 Å². The highest BCUT2D eigenvalue weighted by Crippen LogP contribution is 2.45. The molecule has 1 aliphatic rings. The summed E-state index contributed by atoms with van der Waals surface area (Å²) in [6, 6.07) is 5.95. The van der Waals surface area contributed by atoms with Gasteiger partial charge in [-0.25, -0.2) is 0 Å². The number of rotatable bonds is 2. The first-order chi connectivity index (χ1) is 6.21. The molecule has 1 heterocycles. The van der Waals surface area contributed by atoms with Crippen LogP contribution in [0.1, 0.15) is 31.9 Å². The topological polar surface area (TPSA) is 12.9 Å². The highest BCUT2D eigenvalue weighted by Gasteiger charge is 2.38. The van der Waals surface area contributed by atoms with E-state index in [-0.39, 0.29) is 4.87 Å². The van der Waals surface area contributed by atoms with Crippen molar-refractivity contribution < 1.29 is 0 Å². The van der Waals surface area contributed by atoms with E-state index in [1.54, 1.807) is 0 Å². The number of nitrogens with zero attached hydrogens (tertiary/aromatic N) is 1. The summed E-state index contributed by atoms with van der Waals surface area (Å²) in [6.07, 6.45) is 5.63. The Balaban J connectivity index is 2.23. The largest absolute Gasteiger partial charge is 0.259 e. The van der Waals surface area contributed by atoms with Crippen molar-refractivity contribution in [3.8, 4) is 0 Å². The molecule has 0 N–H and O–H groups in total. The zero-order valence-corrected chi connectivity index (χ0v) is 8.59. The number of aromatic nitrogens is 1. The van der Waals surface area contributed by atoms with E-state index >= 15 is 0 Å². The smallest absolute Gasteiger partial charge is 0.0865 e. The normalized spacial score (nSPS) is 22.0. The summed E-state index contributed by atoms with van der Waals surface area (Å²) in [6.45, 7) is 2.08. The first-order valence-electron chi connectivity index (χ1n) is 4.81. The third-order valence-corrected chi connectivity index (χ3v) is 3.54. The zero-order valence-electron chi connectivity index (χ0n) is 7.83. The maximum absolute atomic E-state index is 6.50. The average Bonchev–Trinajstić information content (AvgIpc) is 2.02. The summed E-state index contributed by atoms with van der Waals surface area (Å²) in [5, 5.41) is 0. The molecule has 70 valence electrons. The molecule has 0 bridgehead atoms. The molecule has 0 aliphatic heterocycles. The van der Waals surface area contributed by atoms with Crippen molar-refractivity contribution in [1.82, 2.24) is 4.98 Å². The number of alkyl halides is 1. The van der Waals surface area contributed by atoms with Gasteiger partial charge in [0.15, 0.2) is 0 Å². The van der Waals surface area contributed by atoms with Crippen LogP contribution in [0.5, 0.6) is 0 Å². The van der Waals surface area contributed by atoms with Gasteiger partial charge in [0.25, 0.3) is 0 Å². The van der Waals surface area contributed by atoms with Crippen LogP contribution in [0.2, 0.25) is 0 Å². The van der Waals surface area contributed by atoms with Crippen LogP contribution in [0.4, 0.5) is 0 Å². The minimum absolute atomic E-state index is 0.250. The summed E-state index contributed by atoms with van der Waals surface area (Å²) in [4.78, 5) is 4.07. The third kappa shape index (κ3) is 1.58. The molecule has 1 nitrogen and oxygen atoms in total. The predicted molar refractivity (Wildman–Crippen MR) is 54.8 cm³/mol. The van der Waals surface area contributed by atoms with E-state index in [0.717, 1.165) is 5.69 Å². The molecule has 0 radical (unpaired) electrons. The molecule has 1 fully saturated rings. The van der Waals surface area contributed by atoms with Crippen molar-refractivity contribution in [2.45, 2.75) is 31.1 Å². The second-order valence-electron chi connectivity index (χ2n) is 3.92. The van der Waals surface area contributed by atoms with E-state index in [2.05, 4.69) is 11.9 Å². The average molecular weight is 196 g/mol. The van der Waals surface area contributed by atoms with Gasteiger partial charge in [0, 0.05) is 6.20 Å². The van der Waals surface area contributed by atoms with Crippen molar-refractivity contribution in [1.29, 1.82) is 0 Å². The molecule has 13 heavy (non-hydrogen) atoms. The summed E-state index contributed by atoms with van der Waals surface area (Å²) in [5.41, 5.74) is 1.02. The van der Waals surface area contributed by atoms with Gasteiger partial charge >= 0.3 is 0 Å². The number of pyridine rings is 1. The monoisotopic (exact) mass is 195 g/mol. The fraction of sp³-hybridized carbons (Fsp3) is 0.545. The Hall–Kier alpha value is -0.560. The predicted octanol–water partition coefficient (Wildman–Crippen LogP) is 3.34. The van der Waals surface area contributed by atoms with Crippen LogP contribution in [-0.2, 0) is 4.87 Å². The van der Waals surface area contributed by atoms with Gasteiger partial charge in [0.1, 0.15) is 0 Å². The Morgan fingerprint density at radius 2 is 2.23 bits per heavy atom. The minimum Gasteiger partial charge on any atom is -0.259 e. The van der Waals surface area contributed by atoms with Crippen LogP contribution in [0.25, 0.3) is 0 Å². The highest BCUT2D eigenvalue weighted by molar-refractivity contribution is 6.23. The lowest BCUT2D eigenvalue weighted by atomic mass is 9.74. The molecular formula is C11H14ClN. The Morgan fingerprint density at radius 1 is 1.46 bits per heavy atom. The molecule has 0 amide bonds. The highest BCUT2D eigenvalue weighted by atomic mass is 35.5. The maximum Gasteiger partial charge on any atom is 0.0865 e. The van der Waals surface area contributed by atoms with Gasteiger partial charge in [-0.15, -0.1) is 11.6 Å². The molecule has 1 aromatic rings. The van der Waals surface area contributed by atoms with Crippen molar-refractivity contribution in [3.63, 3.8) is 0 Å². The van der Waals surface area contributed by atoms with E-state index in [1.165, 1.54) is 19.3 Å². The van der Waals surface area contributed by atoms with Gasteiger partial charge in [0.05, 0.1) is 10.6 Å². The lowest BCUT2D eigenvalue weighted by Gasteiger charge is -2.37. The molecular weight excluding hydrogens is 182 g/mol. The van der Waals surface area contributed by atoms with Gasteiger partial charge < -0.3 is 0 Å². The molecule has 1 aromatic heterocycles. The quantitative estimate of drug-likeness (QED) is 0.660. The van der Waals surface area contributed by atoms with Crippen molar-refractivity contribution in [3.05, 3.63) is 30.1 Å². The molecule has 1 unspecified atom stereocenters. The first-order valence-corrected chi connectivity index (χ1v) is 5.19. The fourth-order valence-corrected chi connectivity index (χ4v) is 2.14. The summed E-state index contributed by atoms with van der Waals surface area (Å²) >= 11 is 6.50. The molecule has 0 aromatic carbocycles. The van der Waals surface area contributed by atoms with E-state index in [4.69, 9.17) is 11.6 Å². The summed E-state index contributed by atoms with van der Waals surface area (Å²) < 4.78 is 0. The third-order valence-electron chi connectivity index (χ3n) is 3.04. The van der Waals surface area contributed by atoms with Gasteiger partial charge in [-0.1, -0.05) is 12.5 Å². The van der Waals surface area contributed by atoms with Crippen LogP contribution in [-0.4, -0.2) is 4.98 Å². The maximum atomic E-state index is 6.50. The van der Waals surface area contributed by atoms with E-state index in [1.807, 2.05) is 24.4 Å². The van der Waals surface area contributed by atoms with Crippen LogP contribution >= 0.6 is 11.6 Å². The lowest BCUT2D eigenvalue weighted by molar-refractivity contribution is 0.240. The second-order valence-corrected chi connectivity index (χ2v) is 4.70. The first kappa shape index (κ1) is 9.01. The zero-order chi connectivity index (χ0) is 9.31. The Kier molecular flexibility index (Phi) is 2.29. The van der Waals surface area contributed by atoms with E-state index in [0.29, 0.717) is 5.92 Å². The SMILES string of the molecule is CC(Cl)(c1ccccn1)C1CCC1. The van der Waals surface area contributed by atoms with Crippen LogP contribution in [0.3, 0.4) is 0 Å². The molecule has 0 saturated heterocycles. The van der Waals surface area contributed by atoms with Crippen molar-refractivity contribution >= 4 is 11.6 Å². The lowest BCUT2D eigenvalue weighted by Crippen LogP contribution is -2.32. The Bertz CT molecular complexity index is 277. The second kappa shape index (κ2) is 3.30. The molecule has 0 spiro atoms. The molecule has 2 heteroatoms. The van der Waals surface area contributed by atoms with Gasteiger partial charge in [-0.3, -0.25) is 4.98 Å². The standard InChI is InChI=1S/C11H14ClN/c1-11(12,9-5-4-6-9)10-7-2-3-8-13-10/h2-3,7-9H,4-6H2,1H3. The van der Waals surface area contributed by atoms with Crippen molar-refractivity contribution in [2.75, 3.05) is 0 Å².